The Morgan fingerprint density at radius 3 is 2.25 bits per heavy atom. The zero-order valence-electron chi connectivity index (χ0n) is 18.3. The summed E-state index contributed by atoms with van der Waals surface area (Å²) < 4.78 is 5.83. The highest BCUT2D eigenvalue weighted by molar-refractivity contribution is 8.27. The third-order valence-corrected chi connectivity index (χ3v) is 8.72. The first kappa shape index (κ1) is 20.1. The maximum absolute atomic E-state index is 12.9. The van der Waals surface area contributed by atoms with Crippen molar-refractivity contribution in [3.8, 4) is 5.75 Å². The highest BCUT2D eigenvalue weighted by Gasteiger charge is 2.52. The predicted octanol–water partition coefficient (Wildman–Crippen LogP) is 6.40. The Bertz CT molecular complexity index is 1090. The summed E-state index contributed by atoms with van der Waals surface area (Å²) >= 11 is 0.775. The molecular weight excluding hydrogens is 418 g/mol. The molecule has 32 heavy (non-hydrogen) atoms. The second-order valence-electron chi connectivity index (χ2n) is 10.0. The lowest BCUT2D eigenvalue weighted by molar-refractivity contribution is -0.107. The SMILES string of the molecule is COc1ccc(N2C(=O)SC(=O)C2=Cc2ccccc2)cc1C12CC3CC(CC(C3)C1)C2. The molecule has 0 N–H and O–H groups in total. The van der Waals surface area contributed by atoms with Gasteiger partial charge in [-0.15, -0.1) is 0 Å². The van der Waals surface area contributed by atoms with Crippen LogP contribution in [0.2, 0.25) is 0 Å². The van der Waals surface area contributed by atoms with E-state index in [1.54, 1.807) is 12.0 Å². The number of benzene rings is 2. The number of thioether (sulfide) groups is 1. The van der Waals surface area contributed by atoms with Crippen LogP contribution in [-0.4, -0.2) is 17.5 Å². The van der Waals surface area contributed by atoms with Crippen molar-refractivity contribution in [1.29, 1.82) is 0 Å². The summed E-state index contributed by atoms with van der Waals surface area (Å²) in [6.45, 7) is 0. The Hall–Kier alpha value is -2.53. The van der Waals surface area contributed by atoms with Gasteiger partial charge in [0.05, 0.1) is 12.8 Å². The van der Waals surface area contributed by atoms with E-state index in [4.69, 9.17) is 4.74 Å². The Kier molecular flexibility index (Phi) is 4.72. The van der Waals surface area contributed by atoms with E-state index in [-0.39, 0.29) is 15.8 Å². The minimum absolute atomic E-state index is 0.138. The third-order valence-electron chi connectivity index (χ3n) is 7.97. The van der Waals surface area contributed by atoms with Crippen molar-refractivity contribution < 1.29 is 14.3 Å². The van der Waals surface area contributed by atoms with E-state index in [0.717, 1.165) is 46.5 Å². The quantitative estimate of drug-likeness (QED) is 0.511. The lowest BCUT2D eigenvalue weighted by Crippen LogP contribution is -2.48. The van der Waals surface area contributed by atoms with Gasteiger partial charge in [-0.1, -0.05) is 30.3 Å². The molecule has 1 aliphatic heterocycles. The first-order valence-corrected chi connectivity index (χ1v) is 12.4. The van der Waals surface area contributed by atoms with Gasteiger partial charge in [0, 0.05) is 17.3 Å². The van der Waals surface area contributed by atoms with Crippen LogP contribution in [0.15, 0.2) is 54.2 Å². The Morgan fingerprint density at radius 1 is 0.969 bits per heavy atom. The van der Waals surface area contributed by atoms with Crippen LogP contribution in [0.1, 0.15) is 49.7 Å². The molecule has 0 aromatic heterocycles. The number of ether oxygens (including phenoxy) is 1. The second kappa shape index (κ2) is 7.51. The van der Waals surface area contributed by atoms with Gasteiger partial charge in [0.2, 0.25) is 5.12 Å². The molecule has 5 fully saturated rings. The van der Waals surface area contributed by atoms with Crippen molar-refractivity contribution in [2.75, 3.05) is 12.0 Å². The van der Waals surface area contributed by atoms with Crippen molar-refractivity contribution in [2.45, 2.75) is 43.9 Å². The van der Waals surface area contributed by atoms with Gasteiger partial charge in [-0.05, 0) is 91.5 Å². The molecule has 0 atom stereocenters. The molecule has 4 saturated carbocycles. The van der Waals surface area contributed by atoms with Gasteiger partial charge in [-0.2, -0.15) is 0 Å². The van der Waals surface area contributed by atoms with Crippen LogP contribution in [0.3, 0.4) is 0 Å². The van der Waals surface area contributed by atoms with E-state index in [1.807, 2.05) is 48.5 Å². The van der Waals surface area contributed by atoms with E-state index in [1.165, 1.54) is 44.1 Å². The third kappa shape index (κ3) is 3.21. The van der Waals surface area contributed by atoms with E-state index < -0.39 is 0 Å². The van der Waals surface area contributed by atoms with Gasteiger partial charge in [0.15, 0.2) is 0 Å². The summed E-state index contributed by atoms with van der Waals surface area (Å²) in [4.78, 5) is 27.2. The smallest absolute Gasteiger partial charge is 0.298 e. The molecule has 2 aromatic carbocycles. The number of nitrogens with zero attached hydrogens (tertiary/aromatic N) is 1. The van der Waals surface area contributed by atoms with Gasteiger partial charge in [0.1, 0.15) is 11.4 Å². The zero-order chi connectivity index (χ0) is 21.9. The van der Waals surface area contributed by atoms with Crippen LogP contribution < -0.4 is 9.64 Å². The van der Waals surface area contributed by atoms with Crippen molar-refractivity contribution in [2.24, 2.45) is 17.8 Å². The molecule has 4 aliphatic carbocycles. The maximum atomic E-state index is 12.9. The van der Waals surface area contributed by atoms with Gasteiger partial charge < -0.3 is 4.74 Å². The lowest BCUT2D eigenvalue weighted by atomic mass is 9.48. The Morgan fingerprint density at radius 2 is 1.62 bits per heavy atom. The maximum Gasteiger partial charge on any atom is 0.298 e. The number of carbonyl (C=O) groups excluding carboxylic acids is 2. The van der Waals surface area contributed by atoms with Crippen molar-refractivity contribution in [3.63, 3.8) is 0 Å². The molecule has 5 aliphatic rings. The Balaban J connectivity index is 1.44. The number of amides is 1. The van der Waals surface area contributed by atoms with Crippen LogP contribution in [0.4, 0.5) is 10.5 Å². The highest BCUT2D eigenvalue weighted by Crippen LogP contribution is 2.62. The summed E-state index contributed by atoms with van der Waals surface area (Å²) in [7, 11) is 1.74. The topological polar surface area (TPSA) is 46.6 Å². The zero-order valence-corrected chi connectivity index (χ0v) is 19.1. The molecule has 2 aromatic rings. The standard InChI is InChI=1S/C27H27NO3S/c1-31-24-8-7-21(13-22(24)27-14-18-9-19(15-27)11-20(10-18)16-27)28-23(25(29)32-26(28)30)12-17-5-3-2-4-6-17/h2-8,12-13,18-20H,9-11,14-16H2,1H3. The molecule has 1 heterocycles. The van der Waals surface area contributed by atoms with Gasteiger partial charge in [-0.25, -0.2) is 0 Å². The van der Waals surface area contributed by atoms with Crippen molar-refractivity contribution in [1.82, 2.24) is 0 Å². The number of rotatable bonds is 4. The second-order valence-corrected chi connectivity index (χ2v) is 10.9. The largest absolute Gasteiger partial charge is 0.496 e. The first-order valence-electron chi connectivity index (χ1n) is 11.6. The van der Waals surface area contributed by atoms with Crippen molar-refractivity contribution >= 4 is 33.9 Å². The summed E-state index contributed by atoms with van der Waals surface area (Å²) in [5.74, 6) is 3.35. The van der Waals surface area contributed by atoms with Gasteiger partial charge in [0.25, 0.3) is 5.24 Å². The first-order chi connectivity index (χ1) is 15.5. The molecule has 7 rings (SSSR count). The average Bonchev–Trinajstić information content (AvgIpc) is 3.06. The molecule has 164 valence electrons. The number of carbonyl (C=O) groups is 2. The molecule has 0 radical (unpaired) electrons. The van der Waals surface area contributed by atoms with Gasteiger partial charge >= 0.3 is 0 Å². The molecular formula is C27H27NO3S. The molecule has 0 spiro atoms. The summed E-state index contributed by atoms with van der Waals surface area (Å²) in [6, 6.07) is 15.7. The summed E-state index contributed by atoms with van der Waals surface area (Å²) in [5.41, 5.74) is 3.47. The number of hydrogen-bond donors (Lipinski definition) is 0. The number of hydrogen-bond acceptors (Lipinski definition) is 4. The molecule has 5 heteroatoms. The molecule has 1 saturated heterocycles. The normalized spacial score (nSPS) is 32.2. The predicted molar refractivity (Wildman–Crippen MR) is 128 cm³/mol. The lowest BCUT2D eigenvalue weighted by Gasteiger charge is -2.57. The monoisotopic (exact) mass is 445 g/mol. The molecule has 4 nitrogen and oxygen atoms in total. The van der Waals surface area contributed by atoms with E-state index >= 15 is 0 Å². The summed E-state index contributed by atoms with van der Waals surface area (Å²) in [5, 5.41) is -0.440. The number of methoxy groups -OCH3 is 1. The molecule has 0 unspecified atom stereocenters. The fraction of sp³-hybridized carbons (Fsp3) is 0.407. The molecule has 1 amide bonds. The van der Waals surface area contributed by atoms with Crippen LogP contribution >= 0.6 is 11.8 Å². The fourth-order valence-corrected chi connectivity index (χ4v) is 7.84. The van der Waals surface area contributed by atoms with Crippen LogP contribution in [0.25, 0.3) is 6.08 Å². The number of anilines is 1. The Labute approximate surface area is 193 Å². The minimum atomic E-state index is -0.237. The van der Waals surface area contributed by atoms with Gasteiger partial charge in [-0.3, -0.25) is 14.5 Å². The molecule has 4 bridgehead atoms. The van der Waals surface area contributed by atoms with E-state index in [0.29, 0.717) is 5.70 Å². The minimum Gasteiger partial charge on any atom is -0.496 e. The van der Waals surface area contributed by atoms with E-state index in [9.17, 15) is 9.59 Å². The van der Waals surface area contributed by atoms with Crippen molar-refractivity contribution in [3.05, 3.63) is 65.4 Å². The fourth-order valence-electron chi connectivity index (χ4n) is 7.13. The highest BCUT2D eigenvalue weighted by atomic mass is 32.2. The van der Waals surface area contributed by atoms with Crippen LogP contribution in [0, 0.1) is 17.8 Å². The van der Waals surface area contributed by atoms with E-state index in [2.05, 4.69) is 6.07 Å². The van der Waals surface area contributed by atoms with Crippen LogP contribution in [-0.2, 0) is 10.2 Å². The average molecular weight is 446 g/mol. The van der Waals surface area contributed by atoms with Crippen LogP contribution in [0.5, 0.6) is 5.75 Å². The summed E-state index contributed by atoms with van der Waals surface area (Å²) in [6.07, 6.45) is 9.59.